The summed E-state index contributed by atoms with van der Waals surface area (Å²) in [5, 5.41) is 1.10. The summed E-state index contributed by atoms with van der Waals surface area (Å²) in [6.07, 6.45) is 1.68. The van der Waals surface area contributed by atoms with Gasteiger partial charge in [0.2, 0.25) is 0 Å². The summed E-state index contributed by atoms with van der Waals surface area (Å²) in [5.74, 6) is 0.700. The fourth-order valence-electron chi connectivity index (χ4n) is 3.05. The number of thioether (sulfide) groups is 1. The smallest absolute Gasteiger partial charge is 0.269 e. The molecule has 7 heteroatoms. The van der Waals surface area contributed by atoms with Crippen LogP contribution in [0.3, 0.4) is 0 Å². The van der Waals surface area contributed by atoms with Crippen molar-refractivity contribution in [1.82, 2.24) is 14.5 Å². The predicted molar refractivity (Wildman–Crippen MR) is 119 cm³/mol. The Kier molecular flexibility index (Phi) is 5.34. The zero-order chi connectivity index (χ0) is 20.5. The molecule has 0 aliphatic rings. The third-order valence-corrected chi connectivity index (χ3v) is 6.77. The summed E-state index contributed by atoms with van der Waals surface area (Å²) >= 11 is 2.77. The average Bonchev–Trinajstić information content (AvgIpc) is 3.00. The summed E-state index contributed by atoms with van der Waals surface area (Å²) in [7, 11) is 0. The van der Waals surface area contributed by atoms with Crippen molar-refractivity contribution >= 4 is 39.1 Å². The minimum absolute atomic E-state index is 0.00719. The Morgan fingerprint density at radius 1 is 1.14 bits per heavy atom. The zero-order valence-electron chi connectivity index (χ0n) is 16.3. The predicted octanol–water partition coefficient (Wildman–Crippen LogP) is 4.74. The van der Waals surface area contributed by atoms with Gasteiger partial charge in [-0.2, -0.15) is 0 Å². The van der Waals surface area contributed by atoms with Gasteiger partial charge in [-0.15, -0.1) is 11.3 Å². The standard InChI is InChI=1S/C22H19N3O2S2/c1-13-9-10-23-18(11-13)25-21(27)19-14(2)15(3)29-20(19)24-22(25)28-12-17(26)16-7-5-4-6-8-16/h4-11H,12H2,1-3H3. The maximum absolute atomic E-state index is 13.4. The van der Waals surface area contributed by atoms with E-state index in [4.69, 9.17) is 4.98 Å². The minimum atomic E-state index is -0.149. The number of pyridine rings is 1. The summed E-state index contributed by atoms with van der Waals surface area (Å²) < 4.78 is 1.53. The Bertz CT molecular complexity index is 1280. The van der Waals surface area contributed by atoms with Crippen LogP contribution in [0.25, 0.3) is 16.0 Å². The molecule has 0 bridgehead atoms. The van der Waals surface area contributed by atoms with Crippen LogP contribution in [0, 0.1) is 20.8 Å². The van der Waals surface area contributed by atoms with E-state index in [9.17, 15) is 9.59 Å². The van der Waals surface area contributed by atoms with E-state index >= 15 is 0 Å². The number of benzene rings is 1. The maximum atomic E-state index is 13.4. The third kappa shape index (κ3) is 3.75. The average molecular weight is 422 g/mol. The Balaban J connectivity index is 1.82. The van der Waals surface area contributed by atoms with E-state index in [0.717, 1.165) is 16.0 Å². The molecule has 0 saturated heterocycles. The molecule has 1 aromatic carbocycles. The highest BCUT2D eigenvalue weighted by atomic mass is 32.2. The van der Waals surface area contributed by atoms with Gasteiger partial charge in [-0.25, -0.2) is 14.5 Å². The Hall–Kier alpha value is -2.77. The lowest BCUT2D eigenvalue weighted by Crippen LogP contribution is -2.23. The van der Waals surface area contributed by atoms with Gasteiger partial charge in [-0.3, -0.25) is 9.59 Å². The normalized spacial score (nSPS) is 11.1. The fourth-order valence-corrected chi connectivity index (χ4v) is 5.02. The molecule has 4 rings (SSSR count). The summed E-state index contributed by atoms with van der Waals surface area (Å²) in [4.78, 5) is 36.9. The molecule has 0 radical (unpaired) electrons. The SMILES string of the molecule is Cc1ccnc(-n2c(SCC(=O)c3ccccc3)nc3sc(C)c(C)c3c2=O)c1. The van der Waals surface area contributed by atoms with Crippen LogP contribution in [0.4, 0.5) is 0 Å². The number of ketones is 1. The lowest BCUT2D eigenvalue weighted by atomic mass is 10.2. The second-order valence-corrected chi connectivity index (χ2v) is 8.91. The number of carbonyl (C=O) groups is 1. The van der Waals surface area contributed by atoms with Crippen molar-refractivity contribution < 1.29 is 4.79 Å². The molecule has 146 valence electrons. The second kappa shape index (κ2) is 7.93. The van der Waals surface area contributed by atoms with Crippen molar-refractivity contribution in [2.24, 2.45) is 0 Å². The molecule has 0 aliphatic carbocycles. The number of aryl methyl sites for hydroxylation is 3. The molecule has 3 heterocycles. The van der Waals surface area contributed by atoms with Crippen molar-refractivity contribution in [2.75, 3.05) is 5.75 Å². The number of aromatic nitrogens is 3. The topological polar surface area (TPSA) is 64.8 Å². The minimum Gasteiger partial charge on any atom is -0.293 e. The van der Waals surface area contributed by atoms with Crippen molar-refractivity contribution in [3.63, 3.8) is 0 Å². The van der Waals surface area contributed by atoms with E-state index in [1.165, 1.54) is 27.7 Å². The molecular weight excluding hydrogens is 402 g/mol. The number of hydrogen-bond donors (Lipinski definition) is 0. The van der Waals surface area contributed by atoms with E-state index in [0.29, 0.717) is 26.8 Å². The molecule has 0 N–H and O–H groups in total. The van der Waals surface area contributed by atoms with Gasteiger partial charge in [0.05, 0.1) is 11.1 Å². The number of thiophene rings is 1. The Labute approximate surface area is 176 Å². The van der Waals surface area contributed by atoms with E-state index in [-0.39, 0.29) is 17.1 Å². The van der Waals surface area contributed by atoms with Crippen LogP contribution >= 0.6 is 23.1 Å². The molecule has 29 heavy (non-hydrogen) atoms. The molecule has 4 aromatic rings. The third-order valence-electron chi connectivity index (χ3n) is 4.73. The summed E-state index contributed by atoms with van der Waals surface area (Å²) in [6, 6.07) is 12.9. The van der Waals surface area contributed by atoms with Gasteiger partial charge in [0, 0.05) is 16.6 Å². The highest BCUT2D eigenvalue weighted by molar-refractivity contribution is 7.99. The number of Topliss-reactive ketones (excluding diaryl/α,β-unsaturated/α-hetero) is 1. The van der Waals surface area contributed by atoms with Gasteiger partial charge >= 0.3 is 0 Å². The highest BCUT2D eigenvalue weighted by Crippen LogP contribution is 2.29. The highest BCUT2D eigenvalue weighted by Gasteiger charge is 2.19. The zero-order valence-corrected chi connectivity index (χ0v) is 17.9. The van der Waals surface area contributed by atoms with Crippen LogP contribution < -0.4 is 5.56 Å². The van der Waals surface area contributed by atoms with Crippen molar-refractivity contribution in [2.45, 2.75) is 25.9 Å². The fraction of sp³-hybridized carbons (Fsp3) is 0.182. The Morgan fingerprint density at radius 2 is 1.90 bits per heavy atom. The first-order chi connectivity index (χ1) is 14.0. The van der Waals surface area contributed by atoms with Crippen LogP contribution in [-0.2, 0) is 0 Å². The van der Waals surface area contributed by atoms with E-state index in [1.807, 2.05) is 51.1 Å². The van der Waals surface area contributed by atoms with Gasteiger partial charge < -0.3 is 0 Å². The molecule has 3 aromatic heterocycles. The molecule has 0 saturated carbocycles. The van der Waals surface area contributed by atoms with Gasteiger partial charge in [-0.1, -0.05) is 42.1 Å². The number of rotatable bonds is 5. The molecular formula is C22H19N3O2S2. The van der Waals surface area contributed by atoms with Gasteiger partial charge in [0.1, 0.15) is 10.6 Å². The first kappa shape index (κ1) is 19.5. The number of hydrogen-bond acceptors (Lipinski definition) is 6. The molecule has 0 unspecified atom stereocenters. The van der Waals surface area contributed by atoms with Crippen molar-refractivity contribution in [1.29, 1.82) is 0 Å². The molecule has 0 fully saturated rings. The van der Waals surface area contributed by atoms with Crippen LogP contribution in [0.15, 0.2) is 58.6 Å². The first-order valence-corrected chi connectivity index (χ1v) is 10.9. The number of nitrogens with zero attached hydrogens (tertiary/aromatic N) is 3. The number of fused-ring (bicyclic) bond motifs is 1. The molecule has 0 atom stereocenters. The van der Waals surface area contributed by atoms with E-state index < -0.39 is 0 Å². The first-order valence-electron chi connectivity index (χ1n) is 9.12. The van der Waals surface area contributed by atoms with Crippen LogP contribution in [0.1, 0.15) is 26.4 Å². The van der Waals surface area contributed by atoms with Gasteiger partial charge in [0.15, 0.2) is 10.9 Å². The molecule has 5 nitrogen and oxygen atoms in total. The van der Waals surface area contributed by atoms with Gasteiger partial charge in [-0.05, 0) is 44.0 Å². The van der Waals surface area contributed by atoms with Crippen LogP contribution in [0.5, 0.6) is 0 Å². The van der Waals surface area contributed by atoms with Crippen molar-refractivity contribution in [3.05, 3.63) is 80.6 Å². The second-order valence-electron chi connectivity index (χ2n) is 6.77. The lowest BCUT2D eigenvalue weighted by Gasteiger charge is -2.12. The van der Waals surface area contributed by atoms with Crippen LogP contribution in [0.2, 0.25) is 0 Å². The quantitative estimate of drug-likeness (QED) is 0.264. The maximum Gasteiger partial charge on any atom is 0.269 e. The summed E-state index contributed by atoms with van der Waals surface area (Å²) in [5.41, 5.74) is 2.44. The van der Waals surface area contributed by atoms with Crippen molar-refractivity contribution in [3.8, 4) is 5.82 Å². The van der Waals surface area contributed by atoms with E-state index in [2.05, 4.69) is 4.98 Å². The lowest BCUT2D eigenvalue weighted by molar-refractivity contribution is 0.102. The monoisotopic (exact) mass is 421 g/mol. The summed E-state index contributed by atoms with van der Waals surface area (Å²) in [6.45, 7) is 5.88. The Morgan fingerprint density at radius 3 is 2.62 bits per heavy atom. The van der Waals surface area contributed by atoms with Gasteiger partial charge in [0.25, 0.3) is 5.56 Å². The van der Waals surface area contributed by atoms with E-state index in [1.54, 1.807) is 18.3 Å². The van der Waals surface area contributed by atoms with Crippen LogP contribution in [-0.4, -0.2) is 26.1 Å². The number of carbonyl (C=O) groups excluding carboxylic acids is 1. The molecule has 0 amide bonds. The molecule has 0 spiro atoms. The molecule has 0 aliphatic heterocycles. The largest absolute Gasteiger partial charge is 0.293 e.